The van der Waals surface area contributed by atoms with Gasteiger partial charge in [-0.3, -0.25) is 9.69 Å². The molecule has 0 bridgehead atoms. The van der Waals surface area contributed by atoms with Crippen LogP contribution >= 0.6 is 0 Å². The van der Waals surface area contributed by atoms with Crippen molar-refractivity contribution in [1.29, 1.82) is 0 Å². The van der Waals surface area contributed by atoms with Crippen LogP contribution in [0.1, 0.15) is 35.5 Å². The lowest BCUT2D eigenvalue weighted by Crippen LogP contribution is -2.57. The number of amides is 1. The van der Waals surface area contributed by atoms with Gasteiger partial charge in [0, 0.05) is 43.3 Å². The fraction of sp³-hybridized carbons (Fsp3) is 0.364. The predicted octanol–water partition coefficient (Wildman–Crippen LogP) is 3.75. The van der Waals surface area contributed by atoms with Gasteiger partial charge in [-0.1, -0.05) is 12.1 Å². The molecule has 0 unspecified atom stereocenters. The van der Waals surface area contributed by atoms with Gasteiger partial charge >= 0.3 is 0 Å². The average Bonchev–Trinajstić information content (AvgIpc) is 3.12. The van der Waals surface area contributed by atoms with Crippen molar-refractivity contribution in [2.75, 3.05) is 13.1 Å². The zero-order chi connectivity index (χ0) is 19.8. The van der Waals surface area contributed by atoms with Gasteiger partial charge in [-0.05, 0) is 50.6 Å². The molecule has 2 atom stereocenters. The van der Waals surface area contributed by atoms with E-state index in [0.29, 0.717) is 12.1 Å². The lowest BCUT2D eigenvalue weighted by atomic mass is 10.0. The first-order valence-electron chi connectivity index (χ1n) is 9.66. The fourth-order valence-corrected chi connectivity index (χ4v) is 3.97. The molecule has 3 heterocycles. The molecule has 1 amide bonds. The second kappa shape index (κ2) is 7.36. The van der Waals surface area contributed by atoms with Crippen LogP contribution in [-0.2, 0) is 6.54 Å². The molecule has 146 valence electrons. The van der Waals surface area contributed by atoms with Gasteiger partial charge in [0.15, 0.2) is 0 Å². The number of hydrogen-bond acceptors (Lipinski definition) is 3. The zero-order valence-electron chi connectivity index (χ0n) is 16.4. The van der Waals surface area contributed by atoms with E-state index in [-0.39, 0.29) is 23.8 Å². The van der Waals surface area contributed by atoms with E-state index in [1.165, 1.54) is 12.1 Å². The van der Waals surface area contributed by atoms with Gasteiger partial charge < -0.3 is 9.88 Å². The van der Waals surface area contributed by atoms with E-state index in [1.807, 2.05) is 42.3 Å². The van der Waals surface area contributed by atoms with Gasteiger partial charge in [0.05, 0.1) is 11.3 Å². The van der Waals surface area contributed by atoms with E-state index in [9.17, 15) is 9.18 Å². The summed E-state index contributed by atoms with van der Waals surface area (Å²) in [6, 6.07) is 10.8. The molecule has 0 radical (unpaired) electrons. The number of carbonyl (C=O) groups excluding carboxylic acids is 1. The van der Waals surface area contributed by atoms with Crippen molar-refractivity contribution in [2.45, 2.75) is 39.4 Å². The summed E-state index contributed by atoms with van der Waals surface area (Å²) in [7, 11) is 0. The number of aryl methyl sites for hydroxylation is 1. The van der Waals surface area contributed by atoms with Crippen LogP contribution in [0.25, 0.3) is 11.0 Å². The Morgan fingerprint density at radius 3 is 2.68 bits per heavy atom. The van der Waals surface area contributed by atoms with Gasteiger partial charge in [-0.25, -0.2) is 9.37 Å². The number of hydrogen-bond donors (Lipinski definition) is 1. The molecule has 0 saturated carbocycles. The second-order valence-electron chi connectivity index (χ2n) is 7.75. The third-order valence-corrected chi connectivity index (χ3v) is 5.63. The predicted molar refractivity (Wildman–Crippen MR) is 108 cm³/mol. The Morgan fingerprint density at radius 1 is 1.18 bits per heavy atom. The van der Waals surface area contributed by atoms with Crippen molar-refractivity contribution >= 4 is 16.9 Å². The maximum atomic E-state index is 13.3. The van der Waals surface area contributed by atoms with Crippen LogP contribution in [0.4, 0.5) is 4.39 Å². The fourth-order valence-electron chi connectivity index (χ4n) is 3.97. The second-order valence-corrected chi connectivity index (χ2v) is 7.75. The quantitative estimate of drug-likeness (QED) is 0.753. The number of nitrogens with one attached hydrogen (secondary N) is 1. The Bertz CT molecular complexity index is 997. The number of H-pyrrole nitrogens is 1. The minimum Gasteiger partial charge on any atom is -0.346 e. The molecule has 0 aliphatic carbocycles. The normalized spacial score (nSPS) is 20.6. The number of halogens is 1. The molecule has 2 aromatic heterocycles. The van der Waals surface area contributed by atoms with E-state index in [0.717, 1.165) is 35.4 Å². The lowest BCUT2D eigenvalue weighted by molar-refractivity contribution is 0.0290. The minimum absolute atomic E-state index is 0.0360. The van der Waals surface area contributed by atoms with Crippen LogP contribution in [0.5, 0.6) is 0 Å². The average molecular weight is 380 g/mol. The van der Waals surface area contributed by atoms with Crippen LogP contribution < -0.4 is 0 Å². The highest BCUT2D eigenvalue weighted by Crippen LogP contribution is 2.23. The number of pyridine rings is 1. The van der Waals surface area contributed by atoms with E-state index >= 15 is 0 Å². The summed E-state index contributed by atoms with van der Waals surface area (Å²) in [6.07, 6.45) is 1.84. The van der Waals surface area contributed by atoms with Crippen molar-refractivity contribution in [3.8, 4) is 0 Å². The standard InChI is InChI=1S/C22H25FN4O/c1-14-12-27(15(2)11-26(14)13-17-4-6-19(23)7-5-17)22(28)20-10-18-8-9-24-21(18)25-16(20)3/h4-10,14-15H,11-13H2,1-3H3,(H,24,25)/t14-,15+/m0/s1. The number of benzene rings is 1. The van der Waals surface area contributed by atoms with Gasteiger partial charge in [0.1, 0.15) is 11.5 Å². The van der Waals surface area contributed by atoms with Crippen LogP contribution in [-0.4, -0.2) is 50.8 Å². The van der Waals surface area contributed by atoms with E-state index in [4.69, 9.17) is 0 Å². The largest absolute Gasteiger partial charge is 0.346 e. The smallest absolute Gasteiger partial charge is 0.256 e. The highest BCUT2D eigenvalue weighted by molar-refractivity contribution is 5.98. The summed E-state index contributed by atoms with van der Waals surface area (Å²) in [5.74, 6) is -0.183. The summed E-state index contributed by atoms with van der Waals surface area (Å²) in [6.45, 7) is 8.29. The molecule has 1 fully saturated rings. The number of nitrogens with zero attached hydrogens (tertiary/aromatic N) is 3. The first kappa shape index (κ1) is 18.6. The highest BCUT2D eigenvalue weighted by Gasteiger charge is 2.33. The summed E-state index contributed by atoms with van der Waals surface area (Å²) in [5.41, 5.74) is 3.30. The summed E-state index contributed by atoms with van der Waals surface area (Å²) in [5, 5.41) is 0.949. The Morgan fingerprint density at radius 2 is 1.93 bits per heavy atom. The maximum Gasteiger partial charge on any atom is 0.256 e. The van der Waals surface area contributed by atoms with Crippen LogP contribution in [0.3, 0.4) is 0 Å². The van der Waals surface area contributed by atoms with Crippen molar-refractivity contribution < 1.29 is 9.18 Å². The van der Waals surface area contributed by atoms with Crippen molar-refractivity contribution in [3.05, 3.63) is 65.2 Å². The van der Waals surface area contributed by atoms with Crippen molar-refractivity contribution in [1.82, 2.24) is 19.8 Å². The van der Waals surface area contributed by atoms with E-state index in [1.54, 1.807) is 0 Å². The Balaban J connectivity index is 1.51. The first-order chi connectivity index (χ1) is 13.4. The molecule has 28 heavy (non-hydrogen) atoms. The zero-order valence-corrected chi connectivity index (χ0v) is 16.4. The SMILES string of the molecule is Cc1nc2[nH]ccc2cc1C(=O)N1C[C@H](C)N(Cc2ccc(F)cc2)C[C@H]1C. The number of fused-ring (bicyclic) bond motifs is 1. The topological polar surface area (TPSA) is 52.2 Å². The molecular formula is C22H25FN4O. The maximum absolute atomic E-state index is 13.3. The van der Waals surface area contributed by atoms with Gasteiger partial charge in [-0.15, -0.1) is 0 Å². The highest BCUT2D eigenvalue weighted by atomic mass is 19.1. The molecule has 3 aromatic rings. The Kier molecular flexibility index (Phi) is 4.89. The minimum atomic E-state index is -0.219. The number of aromatic nitrogens is 2. The molecule has 4 rings (SSSR count). The molecule has 1 saturated heterocycles. The third-order valence-electron chi connectivity index (χ3n) is 5.63. The summed E-state index contributed by atoms with van der Waals surface area (Å²) >= 11 is 0. The molecule has 1 aromatic carbocycles. The molecule has 6 heteroatoms. The van der Waals surface area contributed by atoms with Gasteiger partial charge in [-0.2, -0.15) is 0 Å². The van der Waals surface area contributed by atoms with Crippen LogP contribution in [0, 0.1) is 12.7 Å². The Labute approximate surface area is 164 Å². The Hall–Kier alpha value is -2.73. The summed E-state index contributed by atoms with van der Waals surface area (Å²) in [4.78, 5) is 25.2. The molecular weight excluding hydrogens is 355 g/mol. The monoisotopic (exact) mass is 380 g/mol. The van der Waals surface area contributed by atoms with Crippen molar-refractivity contribution in [3.63, 3.8) is 0 Å². The molecule has 0 spiro atoms. The van der Waals surface area contributed by atoms with Crippen molar-refractivity contribution in [2.24, 2.45) is 0 Å². The van der Waals surface area contributed by atoms with Gasteiger partial charge in [0.25, 0.3) is 5.91 Å². The van der Waals surface area contributed by atoms with Crippen LogP contribution in [0.15, 0.2) is 42.6 Å². The van der Waals surface area contributed by atoms with Gasteiger partial charge in [0.2, 0.25) is 0 Å². The number of aromatic amines is 1. The summed E-state index contributed by atoms with van der Waals surface area (Å²) < 4.78 is 13.1. The number of rotatable bonds is 3. The molecule has 5 nitrogen and oxygen atoms in total. The number of carbonyl (C=O) groups is 1. The first-order valence-corrected chi connectivity index (χ1v) is 9.66. The van der Waals surface area contributed by atoms with E-state index in [2.05, 4.69) is 28.7 Å². The lowest BCUT2D eigenvalue weighted by Gasteiger charge is -2.44. The van der Waals surface area contributed by atoms with Crippen LogP contribution in [0.2, 0.25) is 0 Å². The molecule has 1 aliphatic heterocycles. The molecule has 1 N–H and O–H groups in total. The number of piperazine rings is 1. The molecule has 1 aliphatic rings. The third kappa shape index (κ3) is 3.52. The van der Waals surface area contributed by atoms with E-state index < -0.39 is 0 Å².